The molecule has 0 aromatic heterocycles. The molecule has 0 saturated carbocycles. The summed E-state index contributed by atoms with van der Waals surface area (Å²) >= 11 is 0. The van der Waals surface area contributed by atoms with Gasteiger partial charge in [-0.05, 0) is 12.1 Å². The van der Waals surface area contributed by atoms with Crippen LogP contribution in [0.15, 0.2) is 30.3 Å². The van der Waals surface area contributed by atoms with Gasteiger partial charge in [0, 0.05) is 5.30 Å². The van der Waals surface area contributed by atoms with Crippen molar-refractivity contribution in [2.24, 2.45) is 0 Å². The second kappa shape index (κ2) is 9.03. The Labute approximate surface area is 110 Å². The molecule has 0 fully saturated rings. The summed E-state index contributed by atoms with van der Waals surface area (Å²) in [6.07, 6.45) is 0. The van der Waals surface area contributed by atoms with Gasteiger partial charge in [0.15, 0.2) is 0 Å². The van der Waals surface area contributed by atoms with Gasteiger partial charge in [-0.25, -0.2) is 17.8 Å². The van der Waals surface area contributed by atoms with Crippen LogP contribution in [0.2, 0.25) is 0 Å². The average molecular weight is 258 g/mol. The van der Waals surface area contributed by atoms with E-state index in [1.54, 1.807) is 24.3 Å². The van der Waals surface area contributed by atoms with E-state index in [4.69, 9.17) is 8.62 Å². The molecule has 14 heavy (non-hydrogen) atoms. The van der Waals surface area contributed by atoms with Crippen molar-refractivity contribution >= 4 is 31.1 Å². The quantitative estimate of drug-likeness (QED) is 0.558. The van der Waals surface area contributed by atoms with Crippen LogP contribution in [0, 0.1) is 0 Å². The Morgan fingerprint density at radius 3 is 2.00 bits per heavy atom. The fourth-order valence-electron chi connectivity index (χ4n) is 0.719. The third-order valence-electron chi connectivity index (χ3n) is 1.18. The summed E-state index contributed by atoms with van der Waals surface area (Å²) in [5.41, 5.74) is 0. The number of hydrogen-bond acceptors (Lipinski definition) is 4. The minimum atomic E-state index is -1.51. The van der Waals surface area contributed by atoms with Gasteiger partial charge in [-0.3, -0.25) is 0 Å². The van der Waals surface area contributed by atoms with E-state index in [1.807, 2.05) is 6.07 Å². The molecule has 0 unspecified atom stereocenters. The van der Waals surface area contributed by atoms with E-state index >= 15 is 0 Å². The van der Waals surface area contributed by atoms with Gasteiger partial charge < -0.3 is 1.43 Å². The van der Waals surface area contributed by atoms with Gasteiger partial charge in [-0.2, -0.15) is 0 Å². The second-order valence-electron chi connectivity index (χ2n) is 1.91. The van der Waals surface area contributed by atoms with Gasteiger partial charge in [-0.1, -0.05) is 18.2 Å². The van der Waals surface area contributed by atoms with Crippen LogP contribution in [-0.2, 0) is 17.8 Å². The van der Waals surface area contributed by atoms with Crippen LogP contribution in [0.4, 0.5) is 0 Å². The smallest absolute Gasteiger partial charge is 1.00 e. The first-order valence-corrected chi connectivity index (χ1v) is 5.87. The van der Waals surface area contributed by atoms with Crippen LogP contribution in [0.25, 0.3) is 0 Å². The van der Waals surface area contributed by atoms with E-state index in [0.717, 1.165) is 5.30 Å². The number of hydrogen-bond donors (Lipinski definition) is 0. The van der Waals surface area contributed by atoms with Gasteiger partial charge in [0.05, 0.1) is 0 Å². The Morgan fingerprint density at radius 1 is 1.07 bits per heavy atom. The van der Waals surface area contributed by atoms with Gasteiger partial charge in [0.2, 0.25) is 8.38 Å². The number of benzene rings is 1. The van der Waals surface area contributed by atoms with Crippen molar-refractivity contribution in [3.05, 3.63) is 30.3 Å². The summed E-state index contributed by atoms with van der Waals surface area (Å²) in [6.45, 7) is 0. The Balaban J connectivity index is 0. The molecule has 0 spiro atoms. The van der Waals surface area contributed by atoms with Gasteiger partial charge in [-0.15, -0.1) is 0 Å². The first kappa shape index (κ1) is 14.8. The SMILES string of the molecule is O=POP(OP=O)c1ccccc1.[H-].[Na+]. The van der Waals surface area contributed by atoms with Crippen LogP contribution < -0.4 is 34.9 Å². The largest absolute Gasteiger partial charge is 1.00 e. The van der Waals surface area contributed by atoms with Crippen molar-refractivity contribution in [1.82, 2.24) is 0 Å². The van der Waals surface area contributed by atoms with Gasteiger partial charge in [0.25, 0.3) is 0 Å². The summed E-state index contributed by atoms with van der Waals surface area (Å²) in [4.78, 5) is 0. The second-order valence-corrected chi connectivity index (χ2v) is 4.54. The minimum Gasteiger partial charge on any atom is -1.00 e. The fraction of sp³-hybridized carbons (Fsp3) is 0. The van der Waals surface area contributed by atoms with E-state index in [2.05, 4.69) is 0 Å². The molecule has 1 rings (SSSR count). The molecule has 0 aliphatic rings. The summed E-state index contributed by atoms with van der Waals surface area (Å²) in [7, 11) is -2.47. The molecule has 70 valence electrons. The summed E-state index contributed by atoms with van der Waals surface area (Å²) in [6, 6.07) is 8.92. The Bertz CT molecular complexity index is 279. The predicted molar refractivity (Wildman–Crippen MR) is 51.5 cm³/mol. The van der Waals surface area contributed by atoms with Crippen molar-refractivity contribution in [1.29, 1.82) is 0 Å². The maximum Gasteiger partial charge on any atom is 1.00 e. The minimum absolute atomic E-state index is 0. The third kappa shape index (κ3) is 5.02. The zero-order chi connectivity index (χ0) is 9.52. The van der Waals surface area contributed by atoms with Crippen LogP contribution in [0.5, 0.6) is 0 Å². The van der Waals surface area contributed by atoms with Gasteiger partial charge in [0.1, 0.15) is 0 Å². The average Bonchev–Trinajstić information content (AvgIpc) is 2.19. The fourth-order valence-corrected chi connectivity index (χ4v) is 2.76. The van der Waals surface area contributed by atoms with Crippen LogP contribution >= 0.6 is 25.7 Å². The molecule has 0 atom stereocenters. The van der Waals surface area contributed by atoms with Crippen LogP contribution in [0.3, 0.4) is 0 Å². The molecule has 1 aromatic rings. The van der Waals surface area contributed by atoms with E-state index in [9.17, 15) is 9.13 Å². The van der Waals surface area contributed by atoms with Crippen molar-refractivity contribution in [3.8, 4) is 0 Å². The first-order chi connectivity index (χ1) is 6.38. The summed E-state index contributed by atoms with van der Waals surface area (Å²) in [5.74, 6) is 0. The molecule has 0 saturated heterocycles. The van der Waals surface area contributed by atoms with E-state index in [-0.39, 0.29) is 31.0 Å². The zero-order valence-electron chi connectivity index (χ0n) is 8.36. The van der Waals surface area contributed by atoms with Crippen molar-refractivity contribution in [2.45, 2.75) is 0 Å². The van der Waals surface area contributed by atoms with E-state index < -0.39 is 25.7 Å². The van der Waals surface area contributed by atoms with E-state index in [0.29, 0.717) is 0 Å². The molecule has 0 bridgehead atoms. The standard InChI is InChI=1S/C6H5O4P3.Na.H/c7-11-9-13(10-12-8)6-4-2-1-3-5-6;;/h1-5H;;/q;+1;-1. The van der Waals surface area contributed by atoms with Crippen molar-refractivity contribution in [3.63, 3.8) is 0 Å². The molecular formula is C6H6NaO4P3. The maximum atomic E-state index is 10.2. The normalized spacial score (nSPS) is 12.3. The third-order valence-corrected chi connectivity index (χ3v) is 3.62. The predicted octanol–water partition coefficient (Wildman–Crippen LogP) is 0.187. The molecule has 4 nitrogen and oxygen atoms in total. The molecule has 0 N–H and O–H groups in total. The van der Waals surface area contributed by atoms with Crippen LogP contribution in [0.1, 0.15) is 1.43 Å². The van der Waals surface area contributed by atoms with E-state index in [1.165, 1.54) is 0 Å². The molecule has 1 aromatic carbocycles. The first-order valence-electron chi connectivity index (χ1n) is 3.23. The topological polar surface area (TPSA) is 52.6 Å². The van der Waals surface area contributed by atoms with Gasteiger partial charge >= 0.3 is 46.9 Å². The maximum absolute atomic E-state index is 10.2. The summed E-state index contributed by atoms with van der Waals surface area (Å²) < 4.78 is 29.8. The molecule has 0 heterocycles. The molecular weight excluding hydrogens is 252 g/mol. The molecule has 0 aliphatic heterocycles. The zero-order valence-corrected chi connectivity index (χ0v) is 12.0. The molecule has 8 heteroatoms. The Morgan fingerprint density at radius 2 is 1.57 bits per heavy atom. The Hall–Kier alpha value is 0.770. The Kier molecular flexibility index (Phi) is 9.53. The van der Waals surface area contributed by atoms with Crippen molar-refractivity contribution < 1.29 is 48.7 Å². The number of rotatable bonds is 5. The monoisotopic (exact) mass is 258 g/mol. The molecule has 0 radical (unpaired) electrons. The van der Waals surface area contributed by atoms with Crippen LogP contribution in [-0.4, -0.2) is 0 Å². The molecule has 0 amide bonds. The van der Waals surface area contributed by atoms with Crippen molar-refractivity contribution in [2.75, 3.05) is 0 Å². The summed E-state index contributed by atoms with van der Waals surface area (Å²) in [5, 5.41) is 0.726. The molecule has 0 aliphatic carbocycles.